The zero-order valence-corrected chi connectivity index (χ0v) is 17.7. The number of imidazole rings is 1. The Morgan fingerprint density at radius 3 is 2.42 bits per heavy atom. The van der Waals surface area contributed by atoms with Crippen LogP contribution in [-0.4, -0.2) is 22.1 Å². The number of benzene rings is 2. The van der Waals surface area contributed by atoms with Crippen LogP contribution in [0.3, 0.4) is 0 Å². The van der Waals surface area contributed by atoms with Crippen LogP contribution in [0.4, 0.5) is 5.69 Å². The average molecular weight is 420 g/mol. The van der Waals surface area contributed by atoms with Crippen molar-refractivity contribution in [3.8, 4) is 23.5 Å². The highest BCUT2D eigenvalue weighted by molar-refractivity contribution is 5.94. The van der Waals surface area contributed by atoms with Gasteiger partial charge in [-0.25, -0.2) is 4.98 Å². The third-order valence-electron chi connectivity index (χ3n) is 4.24. The maximum Gasteiger partial charge on any atom is 0.199 e. The van der Waals surface area contributed by atoms with Crippen molar-refractivity contribution >= 4 is 11.6 Å². The van der Waals surface area contributed by atoms with E-state index in [1.807, 2.05) is 30.7 Å². The fraction of sp³-hybridized carbons (Fsp3) is 0.231. The second-order valence-electron chi connectivity index (χ2n) is 6.52. The van der Waals surface area contributed by atoms with Gasteiger partial charge in [-0.05, 0) is 49.7 Å². The third-order valence-corrected chi connectivity index (χ3v) is 4.24. The molecule has 0 saturated carbocycles. The zero-order valence-electron chi connectivity index (χ0n) is 17.7. The molecule has 5 nitrogen and oxygen atoms in total. The van der Waals surface area contributed by atoms with Crippen LogP contribution in [0.2, 0.25) is 0 Å². The molecule has 0 atom stereocenters. The minimum Gasteiger partial charge on any atom is -0.335 e. The minimum absolute atomic E-state index is 0. The van der Waals surface area contributed by atoms with Crippen molar-refractivity contribution in [1.82, 2.24) is 14.9 Å². The molecule has 3 rings (SSSR count). The van der Waals surface area contributed by atoms with Crippen LogP contribution in [0.15, 0.2) is 84.9 Å². The van der Waals surface area contributed by atoms with Gasteiger partial charge in [0.2, 0.25) is 0 Å². The SMILES string of the molecule is C.C#CC.C=CNC(=NCCCn1cncc1C)Nc1ccc(-c2ccccc2)cc1.[HH].[HH]. The first kappa shape index (κ1) is 25.3. The number of terminal acetylenes is 1. The van der Waals surface area contributed by atoms with E-state index in [0.29, 0.717) is 12.5 Å². The number of hydrogen-bond donors (Lipinski definition) is 2. The molecular weight excluding hydrogens is 382 g/mol. The zero-order chi connectivity index (χ0) is 21.6. The smallest absolute Gasteiger partial charge is 0.199 e. The topological polar surface area (TPSA) is 54.2 Å². The Bertz CT molecular complexity index is 974. The molecule has 31 heavy (non-hydrogen) atoms. The number of rotatable bonds is 7. The normalized spacial score (nSPS) is 10.0. The first-order chi connectivity index (χ1) is 14.7. The van der Waals surface area contributed by atoms with E-state index >= 15 is 0 Å². The van der Waals surface area contributed by atoms with E-state index in [1.165, 1.54) is 16.8 Å². The maximum atomic E-state index is 4.61. The second kappa shape index (κ2) is 14.2. The van der Waals surface area contributed by atoms with Gasteiger partial charge < -0.3 is 15.2 Å². The summed E-state index contributed by atoms with van der Waals surface area (Å²) in [6, 6.07) is 18.6. The van der Waals surface area contributed by atoms with Gasteiger partial charge in [0.25, 0.3) is 0 Å². The molecule has 166 valence electrons. The fourth-order valence-electron chi connectivity index (χ4n) is 2.78. The second-order valence-corrected chi connectivity index (χ2v) is 6.52. The monoisotopic (exact) mass is 419 g/mol. The Kier molecular flexibility index (Phi) is 11.6. The first-order valence-electron chi connectivity index (χ1n) is 9.86. The van der Waals surface area contributed by atoms with Crippen molar-refractivity contribution < 1.29 is 2.85 Å². The average Bonchev–Trinajstić information content (AvgIpc) is 3.18. The van der Waals surface area contributed by atoms with Gasteiger partial charge in [0.1, 0.15) is 0 Å². The molecule has 1 aromatic heterocycles. The van der Waals surface area contributed by atoms with Gasteiger partial charge in [-0.2, -0.15) is 0 Å². The lowest BCUT2D eigenvalue weighted by Gasteiger charge is -2.11. The summed E-state index contributed by atoms with van der Waals surface area (Å²) in [5.41, 5.74) is 4.54. The Morgan fingerprint density at radius 1 is 1.19 bits per heavy atom. The summed E-state index contributed by atoms with van der Waals surface area (Å²) in [5, 5.41) is 6.38. The molecule has 0 aliphatic rings. The molecule has 0 spiro atoms. The number of hydrogen-bond acceptors (Lipinski definition) is 2. The predicted octanol–water partition coefficient (Wildman–Crippen LogP) is 6.22. The molecule has 0 bridgehead atoms. The van der Waals surface area contributed by atoms with Crippen LogP contribution in [0.1, 0.15) is 29.3 Å². The summed E-state index contributed by atoms with van der Waals surface area (Å²) in [5.74, 6) is 2.94. The molecule has 5 heteroatoms. The number of nitrogens with zero attached hydrogens (tertiary/aromatic N) is 3. The lowest BCUT2D eigenvalue weighted by atomic mass is 10.1. The van der Waals surface area contributed by atoms with Crippen LogP contribution in [-0.2, 0) is 6.54 Å². The number of guanidine groups is 1. The van der Waals surface area contributed by atoms with Crippen LogP contribution in [0.25, 0.3) is 11.1 Å². The van der Waals surface area contributed by atoms with E-state index in [9.17, 15) is 0 Å². The van der Waals surface area contributed by atoms with E-state index in [2.05, 4.69) is 87.4 Å². The van der Waals surface area contributed by atoms with Crippen LogP contribution < -0.4 is 10.6 Å². The van der Waals surface area contributed by atoms with Crippen molar-refractivity contribution in [3.63, 3.8) is 0 Å². The molecule has 0 fully saturated rings. The highest BCUT2D eigenvalue weighted by atomic mass is 15.2. The molecule has 1 heterocycles. The summed E-state index contributed by atoms with van der Waals surface area (Å²) in [4.78, 5) is 8.75. The van der Waals surface area contributed by atoms with Crippen molar-refractivity contribution in [2.24, 2.45) is 4.99 Å². The summed E-state index contributed by atoms with van der Waals surface area (Å²) in [7, 11) is 0. The van der Waals surface area contributed by atoms with Crippen molar-refractivity contribution in [3.05, 3.63) is 85.6 Å². The number of aryl methyl sites for hydroxylation is 2. The quantitative estimate of drug-likeness (QED) is 0.207. The number of nitrogens with one attached hydrogen (secondary N) is 2. The van der Waals surface area contributed by atoms with Gasteiger partial charge in [0, 0.05) is 33.5 Å². The van der Waals surface area contributed by atoms with E-state index in [-0.39, 0.29) is 10.3 Å². The predicted molar refractivity (Wildman–Crippen MR) is 138 cm³/mol. The standard InChI is InChI=1S/C22H25N5.C3H4.CH4.2H2/c1-3-24-22(25-14-7-15-27-17-23-16-18(27)2)26-21-12-10-20(11-13-21)19-8-5-4-6-9-19;1-3-2;;;/h3-6,8-13,16-17H,1,7,14-15H2,2H3,(H2,24,25,26);1H,2H3;1H4;2*1H. The van der Waals surface area contributed by atoms with Gasteiger partial charge >= 0.3 is 0 Å². The lowest BCUT2D eigenvalue weighted by Crippen LogP contribution is -2.26. The van der Waals surface area contributed by atoms with Gasteiger partial charge in [-0.3, -0.25) is 4.99 Å². The van der Waals surface area contributed by atoms with Gasteiger partial charge in [0.05, 0.1) is 6.33 Å². The third kappa shape index (κ3) is 8.63. The number of aromatic nitrogens is 2. The number of aliphatic imine (C=N–C) groups is 1. The molecule has 2 N–H and O–H groups in total. The van der Waals surface area contributed by atoms with E-state index < -0.39 is 0 Å². The molecule has 0 aliphatic carbocycles. The Labute approximate surface area is 189 Å². The Morgan fingerprint density at radius 2 is 1.84 bits per heavy atom. The van der Waals surface area contributed by atoms with Crippen molar-refractivity contribution in [1.29, 1.82) is 0 Å². The largest absolute Gasteiger partial charge is 0.335 e. The Balaban J connectivity index is 0. The Hall–Kier alpha value is -3.78. The molecule has 0 aliphatic heterocycles. The highest BCUT2D eigenvalue weighted by Crippen LogP contribution is 2.20. The van der Waals surface area contributed by atoms with Crippen LogP contribution in [0, 0.1) is 19.3 Å². The lowest BCUT2D eigenvalue weighted by molar-refractivity contribution is 0.636. The highest BCUT2D eigenvalue weighted by Gasteiger charge is 2.01. The molecule has 0 amide bonds. The summed E-state index contributed by atoms with van der Waals surface area (Å²) in [6.45, 7) is 9.06. The summed E-state index contributed by atoms with van der Waals surface area (Å²) >= 11 is 0. The summed E-state index contributed by atoms with van der Waals surface area (Å²) < 4.78 is 2.13. The van der Waals surface area contributed by atoms with Crippen molar-refractivity contribution in [2.75, 3.05) is 11.9 Å². The fourth-order valence-corrected chi connectivity index (χ4v) is 2.78. The van der Waals surface area contributed by atoms with Crippen LogP contribution in [0.5, 0.6) is 0 Å². The van der Waals surface area contributed by atoms with E-state index in [0.717, 1.165) is 18.7 Å². The first-order valence-corrected chi connectivity index (χ1v) is 9.86. The number of anilines is 1. The van der Waals surface area contributed by atoms with Crippen molar-refractivity contribution in [2.45, 2.75) is 34.2 Å². The maximum absolute atomic E-state index is 4.61. The van der Waals surface area contributed by atoms with Gasteiger partial charge in [0.15, 0.2) is 5.96 Å². The molecule has 2 aromatic carbocycles. The molecule has 3 aromatic rings. The van der Waals surface area contributed by atoms with E-state index in [4.69, 9.17) is 0 Å². The van der Waals surface area contributed by atoms with E-state index in [1.54, 1.807) is 13.1 Å². The molecular formula is C26H37N5. The molecule has 0 unspecified atom stereocenters. The van der Waals surface area contributed by atoms with Gasteiger partial charge in [-0.15, -0.1) is 12.3 Å². The molecule has 0 saturated heterocycles. The minimum atomic E-state index is 0. The summed E-state index contributed by atoms with van der Waals surface area (Å²) in [6.07, 6.45) is 10.9. The van der Waals surface area contributed by atoms with Gasteiger partial charge in [-0.1, -0.05) is 56.5 Å². The molecule has 0 radical (unpaired) electrons. The van der Waals surface area contributed by atoms with Crippen LogP contribution >= 0.6 is 0 Å².